The van der Waals surface area contributed by atoms with Crippen molar-refractivity contribution in [3.8, 4) is 0 Å². The molecule has 0 bridgehead atoms. The number of rotatable bonds is 6. The predicted molar refractivity (Wildman–Crippen MR) is 72.6 cm³/mol. The van der Waals surface area contributed by atoms with Gasteiger partial charge < -0.3 is 5.73 Å². The highest BCUT2D eigenvalue weighted by molar-refractivity contribution is 7.99. The molecule has 0 atom stereocenters. The van der Waals surface area contributed by atoms with Crippen LogP contribution < -0.4 is 10.5 Å². The topological polar surface area (TPSA) is 72.2 Å². The van der Waals surface area contributed by atoms with Gasteiger partial charge in [-0.3, -0.25) is 0 Å². The van der Waals surface area contributed by atoms with Crippen LogP contribution in [0.1, 0.15) is 6.92 Å². The lowest BCUT2D eigenvalue weighted by Crippen LogP contribution is -2.23. The monoisotopic (exact) mass is 272 g/mol. The molecule has 0 unspecified atom stereocenters. The Morgan fingerprint density at radius 3 is 2.82 bits per heavy atom. The minimum absolute atomic E-state index is 0.236. The van der Waals surface area contributed by atoms with Crippen LogP contribution in [0.5, 0.6) is 0 Å². The lowest BCUT2D eigenvalue weighted by atomic mass is 10.3. The van der Waals surface area contributed by atoms with Gasteiger partial charge in [0.2, 0.25) is 10.0 Å². The van der Waals surface area contributed by atoms with Crippen LogP contribution in [0.15, 0.2) is 40.6 Å². The fourth-order valence-corrected chi connectivity index (χ4v) is 3.11. The lowest BCUT2D eigenvalue weighted by molar-refractivity contribution is 0.583. The van der Waals surface area contributed by atoms with Crippen LogP contribution in [0.3, 0.4) is 0 Å². The number of hydrogen-bond acceptors (Lipinski definition) is 4. The molecule has 1 rings (SSSR count). The summed E-state index contributed by atoms with van der Waals surface area (Å²) >= 11 is 1.46. The average Bonchev–Trinajstić information content (AvgIpc) is 2.27. The van der Waals surface area contributed by atoms with E-state index in [4.69, 9.17) is 5.73 Å². The van der Waals surface area contributed by atoms with Crippen molar-refractivity contribution < 1.29 is 8.42 Å². The van der Waals surface area contributed by atoms with E-state index in [-0.39, 0.29) is 4.90 Å². The Morgan fingerprint density at radius 2 is 2.24 bits per heavy atom. The maximum Gasteiger partial charge on any atom is 0.240 e. The molecule has 0 heterocycles. The van der Waals surface area contributed by atoms with E-state index in [0.29, 0.717) is 18.0 Å². The van der Waals surface area contributed by atoms with Crippen LogP contribution in [-0.4, -0.2) is 20.7 Å². The van der Waals surface area contributed by atoms with Gasteiger partial charge in [-0.2, -0.15) is 0 Å². The van der Waals surface area contributed by atoms with E-state index in [9.17, 15) is 8.42 Å². The minimum atomic E-state index is -3.42. The van der Waals surface area contributed by atoms with Crippen molar-refractivity contribution in [2.24, 2.45) is 0 Å². The van der Waals surface area contributed by atoms with Gasteiger partial charge >= 0.3 is 0 Å². The Morgan fingerprint density at radius 1 is 1.53 bits per heavy atom. The summed E-state index contributed by atoms with van der Waals surface area (Å²) < 4.78 is 26.0. The molecular weight excluding hydrogens is 256 g/mol. The van der Waals surface area contributed by atoms with Gasteiger partial charge in [-0.25, -0.2) is 13.1 Å². The Hall–Kier alpha value is -0.980. The van der Waals surface area contributed by atoms with Gasteiger partial charge in [0, 0.05) is 22.9 Å². The summed E-state index contributed by atoms with van der Waals surface area (Å²) in [4.78, 5) is 0.990. The highest BCUT2D eigenvalue weighted by Crippen LogP contribution is 2.27. The van der Waals surface area contributed by atoms with Crippen LogP contribution >= 0.6 is 11.8 Å². The summed E-state index contributed by atoms with van der Waals surface area (Å²) in [7, 11) is -3.42. The summed E-state index contributed by atoms with van der Waals surface area (Å²) in [5.74, 6) is 0.689. The van der Waals surface area contributed by atoms with Crippen molar-refractivity contribution in [2.45, 2.75) is 16.7 Å². The molecule has 4 nitrogen and oxygen atoms in total. The third-order valence-corrected chi connectivity index (χ3v) is 4.60. The van der Waals surface area contributed by atoms with Crippen LogP contribution in [0.25, 0.3) is 0 Å². The third kappa shape index (κ3) is 3.76. The van der Waals surface area contributed by atoms with Gasteiger partial charge in [0.15, 0.2) is 0 Å². The molecule has 0 radical (unpaired) electrons. The predicted octanol–water partition coefficient (Wildman–Crippen LogP) is 1.85. The van der Waals surface area contributed by atoms with E-state index in [1.165, 1.54) is 17.8 Å². The smallest absolute Gasteiger partial charge is 0.240 e. The number of benzene rings is 1. The second kappa shape index (κ2) is 6.09. The van der Waals surface area contributed by atoms with E-state index in [0.717, 1.165) is 4.90 Å². The molecule has 94 valence electrons. The van der Waals surface area contributed by atoms with Gasteiger partial charge in [0.05, 0.1) is 4.90 Å². The molecule has 0 aliphatic heterocycles. The number of sulfonamides is 1. The number of anilines is 1. The molecular formula is C11H16N2O2S2. The molecule has 0 aliphatic rings. The molecule has 0 spiro atoms. The highest BCUT2D eigenvalue weighted by Gasteiger charge is 2.14. The van der Waals surface area contributed by atoms with Gasteiger partial charge in [-0.05, 0) is 18.2 Å². The quantitative estimate of drug-likeness (QED) is 0.471. The molecule has 1 aromatic rings. The molecule has 1 aromatic carbocycles. The van der Waals surface area contributed by atoms with Crippen molar-refractivity contribution in [3.63, 3.8) is 0 Å². The van der Waals surface area contributed by atoms with Crippen LogP contribution in [-0.2, 0) is 10.0 Å². The van der Waals surface area contributed by atoms with Gasteiger partial charge in [0.1, 0.15) is 0 Å². The fraction of sp³-hybridized carbons (Fsp3) is 0.273. The molecule has 0 amide bonds. The van der Waals surface area contributed by atoms with Crippen molar-refractivity contribution in [1.82, 2.24) is 4.72 Å². The van der Waals surface area contributed by atoms with Crippen molar-refractivity contribution in [2.75, 3.05) is 18.0 Å². The zero-order chi connectivity index (χ0) is 12.9. The molecule has 0 fully saturated rings. The molecule has 17 heavy (non-hydrogen) atoms. The minimum Gasteiger partial charge on any atom is -0.398 e. The first kappa shape index (κ1) is 14.1. The number of nitrogens with two attached hydrogens (primary N) is 1. The first-order valence-electron chi connectivity index (χ1n) is 5.14. The number of thioether (sulfide) groups is 1. The Kier molecular flexibility index (Phi) is 5.04. The molecule has 0 saturated heterocycles. The summed E-state index contributed by atoms with van der Waals surface area (Å²) in [6.45, 7) is 5.72. The maximum atomic E-state index is 11.8. The molecule has 3 N–H and O–H groups in total. The normalized spacial score (nSPS) is 11.4. The molecule has 6 heteroatoms. The first-order valence-corrected chi connectivity index (χ1v) is 7.61. The largest absolute Gasteiger partial charge is 0.398 e. The van der Waals surface area contributed by atoms with E-state index in [2.05, 4.69) is 11.3 Å². The summed E-state index contributed by atoms with van der Waals surface area (Å²) in [5.41, 5.74) is 6.35. The Labute approximate surface area is 106 Å². The van der Waals surface area contributed by atoms with Crippen LogP contribution in [0.4, 0.5) is 5.69 Å². The summed E-state index contributed by atoms with van der Waals surface area (Å²) in [6.07, 6.45) is 1.75. The third-order valence-electron chi connectivity index (χ3n) is 1.99. The number of nitrogens with one attached hydrogen (secondary N) is 1. The van der Waals surface area contributed by atoms with Crippen molar-refractivity contribution >= 4 is 27.5 Å². The molecule has 0 aliphatic carbocycles. The van der Waals surface area contributed by atoms with E-state index in [1.54, 1.807) is 25.1 Å². The zero-order valence-corrected chi connectivity index (χ0v) is 11.3. The van der Waals surface area contributed by atoms with E-state index in [1.807, 2.05) is 0 Å². The van der Waals surface area contributed by atoms with E-state index >= 15 is 0 Å². The van der Waals surface area contributed by atoms with Crippen LogP contribution in [0.2, 0.25) is 0 Å². The summed E-state index contributed by atoms with van der Waals surface area (Å²) in [6, 6.07) is 4.70. The standard InChI is InChI=1S/C11H16N2O2S2/c1-3-7-16-11-8-9(5-6-10(11)12)17(14,15)13-4-2/h3,5-6,8,13H,1,4,7,12H2,2H3. The van der Waals surface area contributed by atoms with Gasteiger partial charge in [-0.1, -0.05) is 13.0 Å². The fourth-order valence-electron chi connectivity index (χ4n) is 1.23. The second-order valence-electron chi connectivity index (χ2n) is 3.30. The first-order chi connectivity index (χ1) is 8.01. The van der Waals surface area contributed by atoms with Gasteiger partial charge in [-0.15, -0.1) is 18.3 Å². The Balaban J connectivity index is 3.07. The van der Waals surface area contributed by atoms with E-state index < -0.39 is 10.0 Å². The molecule has 0 saturated carbocycles. The summed E-state index contributed by atoms with van der Waals surface area (Å²) in [5, 5.41) is 0. The molecule has 0 aromatic heterocycles. The maximum absolute atomic E-state index is 11.8. The number of hydrogen-bond donors (Lipinski definition) is 2. The van der Waals surface area contributed by atoms with Crippen LogP contribution in [0, 0.1) is 0 Å². The van der Waals surface area contributed by atoms with Crippen molar-refractivity contribution in [1.29, 1.82) is 0 Å². The Bertz CT molecular complexity index is 498. The average molecular weight is 272 g/mol. The lowest BCUT2D eigenvalue weighted by Gasteiger charge is -2.08. The second-order valence-corrected chi connectivity index (χ2v) is 6.13. The zero-order valence-electron chi connectivity index (χ0n) is 9.64. The SMILES string of the molecule is C=CCSc1cc(S(=O)(=O)NCC)ccc1N. The van der Waals surface area contributed by atoms with Crippen molar-refractivity contribution in [3.05, 3.63) is 30.9 Å². The number of nitrogen functional groups attached to an aromatic ring is 1. The highest BCUT2D eigenvalue weighted by atomic mass is 32.2. The van der Waals surface area contributed by atoms with Gasteiger partial charge in [0.25, 0.3) is 0 Å².